The van der Waals surface area contributed by atoms with Gasteiger partial charge in [0.05, 0.1) is 22.5 Å². The number of aromatic amines is 1. The van der Waals surface area contributed by atoms with Gasteiger partial charge < -0.3 is 25.4 Å². The van der Waals surface area contributed by atoms with E-state index in [1.807, 2.05) is 36.1 Å². The van der Waals surface area contributed by atoms with E-state index in [0.717, 1.165) is 28.2 Å². The van der Waals surface area contributed by atoms with Gasteiger partial charge in [0.2, 0.25) is 0 Å². The number of hydrogen-bond acceptors (Lipinski definition) is 8. The zero-order valence-corrected chi connectivity index (χ0v) is 21.0. The van der Waals surface area contributed by atoms with E-state index in [1.54, 1.807) is 17.4 Å². The Morgan fingerprint density at radius 1 is 1.34 bits per heavy atom. The van der Waals surface area contributed by atoms with Crippen molar-refractivity contribution in [2.45, 2.75) is 64.8 Å². The van der Waals surface area contributed by atoms with E-state index in [-0.39, 0.29) is 5.41 Å². The summed E-state index contributed by atoms with van der Waals surface area (Å²) in [5.74, 6) is -0.265. The van der Waals surface area contributed by atoms with E-state index >= 15 is 0 Å². The van der Waals surface area contributed by atoms with Crippen LogP contribution in [-0.2, 0) is 9.53 Å². The molecular formula is C24H32N6O4S. The van der Waals surface area contributed by atoms with Crippen LogP contribution in [0.5, 0.6) is 0 Å². The highest BCUT2D eigenvalue weighted by atomic mass is 32.1. The molecule has 2 amide bonds. The molecule has 0 radical (unpaired) electrons. The number of amides is 2. The zero-order chi connectivity index (χ0) is 25.0. The normalized spacial score (nSPS) is 18.9. The number of unbranched alkanes of at least 4 members (excludes halogenated alkanes) is 1. The molecule has 0 aliphatic carbocycles. The van der Waals surface area contributed by atoms with Crippen LogP contribution in [-0.4, -0.2) is 57.2 Å². The molecule has 1 aliphatic rings. The van der Waals surface area contributed by atoms with E-state index in [1.165, 1.54) is 6.20 Å². The van der Waals surface area contributed by atoms with Gasteiger partial charge in [-0.3, -0.25) is 9.89 Å². The fourth-order valence-corrected chi connectivity index (χ4v) is 5.25. The standard InChI is InChI=1S/C24H32N6O4S/c1-4-5-8-16(20(31)21(32)28-18-11-12-25-29-18)27-23(33)34-19-13-24(2,3)14-30(19)22-26-15-9-6-7-10-17(15)35-22/h6-7,9-12,16,19-20,31H,4-5,8,13-14H2,1-3H3,(H,27,33)(H2,25,28,29,32)/t16-,19?,20?/m0/s1. The van der Waals surface area contributed by atoms with Crippen LogP contribution in [0.4, 0.5) is 15.7 Å². The summed E-state index contributed by atoms with van der Waals surface area (Å²) < 4.78 is 6.91. The quantitative estimate of drug-likeness (QED) is 0.351. The van der Waals surface area contributed by atoms with Crippen LogP contribution < -0.4 is 15.5 Å². The largest absolute Gasteiger partial charge is 0.425 e. The van der Waals surface area contributed by atoms with Gasteiger partial charge in [-0.25, -0.2) is 9.78 Å². The topological polar surface area (TPSA) is 132 Å². The van der Waals surface area contributed by atoms with Gasteiger partial charge in [-0.15, -0.1) is 0 Å². The number of thiazole rings is 1. The predicted octanol–water partition coefficient (Wildman–Crippen LogP) is 3.87. The molecule has 10 nitrogen and oxygen atoms in total. The van der Waals surface area contributed by atoms with Crippen LogP contribution in [0.15, 0.2) is 36.5 Å². The molecule has 35 heavy (non-hydrogen) atoms. The highest BCUT2D eigenvalue weighted by Gasteiger charge is 2.41. The average Bonchev–Trinajstić information content (AvgIpc) is 3.54. The van der Waals surface area contributed by atoms with Gasteiger partial charge in [-0.2, -0.15) is 5.10 Å². The minimum absolute atomic E-state index is 0.0755. The van der Waals surface area contributed by atoms with E-state index in [2.05, 4.69) is 34.7 Å². The molecule has 4 rings (SSSR count). The third-order valence-corrected chi connectivity index (χ3v) is 7.10. The number of aliphatic hydroxyl groups is 1. The Hall–Kier alpha value is -3.18. The number of benzene rings is 1. The third-order valence-electron chi connectivity index (χ3n) is 6.02. The van der Waals surface area contributed by atoms with Gasteiger partial charge in [0.1, 0.15) is 5.82 Å². The monoisotopic (exact) mass is 500 g/mol. The Kier molecular flexibility index (Phi) is 7.56. The third kappa shape index (κ3) is 6.09. The Labute approximate surface area is 208 Å². The second-order valence-corrected chi connectivity index (χ2v) is 10.6. The number of nitrogens with one attached hydrogen (secondary N) is 3. The number of nitrogens with zero attached hydrogens (tertiary/aromatic N) is 3. The molecule has 3 atom stereocenters. The maximum Gasteiger partial charge on any atom is 0.409 e. The number of anilines is 2. The number of fused-ring (bicyclic) bond motifs is 1. The van der Waals surface area contributed by atoms with Crippen molar-refractivity contribution in [3.63, 3.8) is 0 Å². The number of H-pyrrole nitrogens is 1. The molecule has 4 N–H and O–H groups in total. The van der Waals surface area contributed by atoms with Crippen LogP contribution >= 0.6 is 11.3 Å². The number of alkyl carbamates (subject to hydrolysis) is 1. The molecule has 2 unspecified atom stereocenters. The number of rotatable bonds is 9. The molecule has 3 heterocycles. The van der Waals surface area contributed by atoms with Gasteiger partial charge in [-0.05, 0) is 24.0 Å². The maximum atomic E-state index is 12.9. The van der Waals surface area contributed by atoms with Gasteiger partial charge >= 0.3 is 6.09 Å². The zero-order valence-electron chi connectivity index (χ0n) is 20.2. The van der Waals surface area contributed by atoms with Crippen molar-refractivity contribution in [1.82, 2.24) is 20.5 Å². The molecule has 0 saturated carbocycles. The van der Waals surface area contributed by atoms with E-state index < -0.39 is 30.4 Å². The maximum absolute atomic E-state index is 12.9. The first kappa shape index (κ1) is 24.9. The second kappa shape index (κ2) is 10.6. The highest BCUT2D eigenvalue weighted by Crippen LogP contribution is 2.40. The fourth-order valence-electron chi connectivity index (χ4n) is 4.25. The first-order chi connectivity index (χ1) is 16.8. The first-order valence-electron chi connectivity index (χ1n) is 11.8. The second-order valence-electron chi connectivity index (χ2n) is 9.62. The Morgan fingerprint density at radius 3 is 2.86 bits per heavy atom. The summed E-state index contributed by atoms with van der Waals surface area (Å²) in [4.78, 5) is 32.2. The Bertz CT molecular complexity index is 1120. The minimum Gasteiger partial charge on any atom is -0.425 e. The highest BCUT2D eigenvalue weighted by molar-refractivity contribution is 7.22. The van der Waals surface area contributed by atoms with Crippen LogP contribution in [0.25, 0.3) is 10.2 Å². The van der Waals surface area contributed by atoms with Gasteiger partial charge in [-0.1, -0.05) is 57.1 Å². The molecular weight excluding hydrogens is 468 g/mol. The smallest absolute Gasteiger partial charge is 0.409 e. The summed E-state index contributed by atoms with van der Waals surface area (Å²) >= 11 is 1.56. The molecule has 1 fully saturated rings. The lowest BCUT2D eigenvalue weighted by Gasteiger charge is -2.27. The van der Waals surface area contributed by atoms with Crippen LogP contribution in [0.1, 0.15) is 46.5 Å². The number of carbonyl (C=O) groups is 2. The molecule has 0 bridgehead atoms. The fraction of sp³-hybridized carbons (Fsp3) is 0.500. The van der Waals surface area contributed by atoms with Crippen molar-refractivity contribution in [2.24, 2.45) is 5.41 Å². The number of para-hydroxylation sites is 1. The Morgan fingerprint density at radius 2 is 2.14 bits per heavy atom. The minimum atomic E-state index is -1.45. The summed E-state index contributed by atoms with van der Waals surface area (Å²) in [6.45, 7) is 6.95. The summed E-state index contributed by atoms with van der Waals surface area (Å²) in [5, 5.41) is 23.1. The van der Waals surface area contributed by atoms with Crippen molar-refractivity contribution in [3.8, 4) is 0 Å². The molecule has 2 aromatic heterocycles. The number of ether oxygens (including phenoxy) is 1. The molecule has 1 saturated heterocycles. The van der Waals surface area contributed by atoms with Crippen LogP contribution in [0.3, 0.4) is 0 Å². The van der Waals surface area contributed by atoms with Gasteiger partial charge in [0, 0.05) is 19.0 Å². The summed E-state index contributed by atoms with van der Waals surface area (Å²) in [6.07, 6.45) is 1.52. The molecule has 11 heteroatoms. The molecule has 1 aliphatic heterocycles. The summed E-state index contributed by atoms with van der Waals surface area (Å²) in [5.41, 5.74) is 0.833. The number of aliphatic hydroxyl groups excluding tert-OH is 1. The van der Waals surface area contributed by atoms with Crippen molar-refractivity contribution in [1.29, 1.82) is 0 Å². The lowest BCUT2D eigenvalue weighted by atomic mass is 9.93. The molecule has 1 aromatic carbocycles. The van der Waals surface area contributed by atoms with Crippen molar-refractivity contribution in [3.05, 3.63) is 36.5 Å². The van der Waals surface area contributed by atoms with E-state index in [0.29, 0.717) is 25.2 Å². The van der Waals surface area contributed by atoms with E-state index in [9.17, 15) is 14.7 Å². The van der Waals surface area contributed by atoms with Crippen LogP contribution in [0.2, 0.25) is 0 Å². The SMILES string of the molecule is CCCC[C@H](NC(=O)OC1CC(C)(C)CN1c1nc2ccccc2s1)C(O)C(=O)Nc1ccn[nH]1. The lowest BCUT2D eigenvalue weighted by molar-refractivity contribution is -0.125. The number of carbonyl (C=O) groups excluding carboxylic acids is 2. The number of aromatic nitrogens is 3. The average molecular weight is 501 g/mol. The van der Waals surface area contributed by atoms with Crippen molar-refractivity contribution in [2.75, 3.05) is 16.8 Å². The predicted molar refractivity (Wildman–Crippen MR) is 135 cm³/mol. The van der Waals surface area contributed by atoms with Gasteiger partial charge in [0.25, 0.3) is 5.91 Å². The van der Waals surface area contributed by atoms with Crippen molar-refractivity contribution >= 4 is 44.5 Å². The summed E-state index contributed by atoms with van der Waals surface area (Å²) in [6, 6.07) is 8.69. The summed E-state index contributed by atoms with van der Waals surface area (Å²) in [7, 11) is 0. The van der Waals surface area contributed by atoms with Crippen molar-refractivity contribution < 1.29 is 19.4 Å². The molecule has 0 spiro atoms. The van der Waals surface area contributed by atoms with E-state index in [4.69, 9.17) is 9.72 Å². The lowest BCUT2D eigenvalue weighted by Crippen LogP contribution is -2.50. The van der Waals surface area contributed by atoms with Crippen LogP contribution in [0, 0.1) is 5.41 Å². The first-order valence-corrected chi connectivity index (χ1v) is 12.6. The van der Waals surface area contributed by atoms with Gasteiger partial charge in [0.15, 0.2) is 17.5 Å². The number of hydrogen-bond donors (Lipinski definition) is 4. The molecule has 3 aromatic rings. The Balaban J connectivity index is 1.44. The molecule has 188 valence electrons.